The second-order valence-electron chi connectivity index (χ2n) is 6.59. The smallest absolute Gasteiger partial charge is 0.142 e. The van der Waals surface area contributed by atoms with Gasteiger partial charge in [0.1, 0.15) is 5.75 Å². The molecule has 3 heteroatoms. The van der Waals surface area contributed by atoms with Gasteiger partial charge in [-0.2, -0.15) is 0 Å². The van der Waals surface area contributed by atoms with Crippen molar-refractivity contribution in [2.45, 2.75) is 39.0 Å². The molecule has 21 heavy (non-hydrogen) atoms. The number of anilines is 1. The molecule has 1 saturated heterocycles. The highest BCUT2D eigenvalue weighted by molar-refractivity contribution is 5.59. The predicted octanol–water partition coefficient (Wildman–Crippen LogP) is 3.45. The molecule has 116 valence electrons. The number of hydrogen-bond donors (Lipinski definition) is 1. The molecule has 2 heterocycles. The summed E-state index contributed by atoms with van der Waals surface area (Å²) in [5.74, 6) is 1.07. The summed E-state index contributed by atoms with van der Waals surface area (Å²) in [6.45, 7) is 7.82. The molecule has 2 aliphatic heterocycles. The summed E-state index contributed by atoms with van der Waals surface area (Å²) in [5.41, 5.74) is 1.78. The molecule has 1 aromatic rings. The van der Waals surface area contributed by atoms with Crippen LogP contribution >= 0.6 is 0 Å². The lowest BCUT2D eigenvalue weighted by molar-refractivity contribution is 0.188. The minimum absolute atomic E-state index is 0.484. The number of benzene rings is 1. The van der Waals surface area contributed by atoms with Gasteiger partial charge >= 0.3 is 0 Å². The van der Waals surface area contributed by atoms with Crippen molar-refractivity contribution < 1.29 is 4.74 Å². The van der Waals surface area contributed by atoms with Crippen molar-refractivity contribution in [3.05, 3.63) is 24.3 Å². The van der Waals surface area contributed by atoms with Crippen molar-refractivity contribution in [2.24, 2.45) is 5.41 Å². The fourth-order valence-electron chi connectivity index (χ4n) is 3.94. The van der Waals surface area contributed by atoms with Crippen molar-refractivity contribution in [1.82, 2.24) is 5.32 Å². The van der Waals surface area contributed by atoms with E-state index in [4.69, 9.17) is 4.74 Å². The molecule has 0 spiro atoms. The number of nitrogens with zero attached hydrogens (tertiary/aromatic N) is 1. The molecule has 3 nitrogen and oxygen atoms in total. The summed E-state index contributed by atoms with van der Waals surface area (Å²) < 4.78 is 5.91. The second-order valence-corrected chi connectivity index (χ2v) is 6.59. The maximum Gasteiger partial charge on any atom is 0.142 e. The van der Waals surface area contributed by atoms with Gasteiger partial charge in [-0.05, 0) is 56.3 Å². The van der Waals surface area contributed by atoms with Gasteiger partial charge in [-0.15, -0.1) is 0 Å². The van der Waals surface area contributed by atoms with Gasteiger partial charge in [-0.3, -0.25) is 0 Å². The average Bonchev–Trinajstić information content (AvgIpc) is 2.71. The van der Waals surface area contributed by atoms with Gasteiger partial charge in [-0.25, -0.2) is 0 Å². The van der Waals surface area contributed by atoms with Gasteiger partial charge in [0, 0.05) is 13.1 Å². The van der Waals surface area contributed by atoms with E-state index in [1.165, 1.54) is 51.0 Å². The first-order valence-corrected chi connectivity index (χ1v) is 8.50. The zero-order valence-electron chi connectivity index (χ0n) is 13.2. The maximum atomic E-state index is 5.91. The fraction of sp³-hybridized carbons (Fsp3) is 0.667. The number of para-hydroxylation sites is 2. The lowest BCUT2D eigenvalue weighted by Gasteiger charge is -2.42. The van der Waals surface area contributed by atoms with Crippen LogP contribution in [0.25, 0.3) is 0 Å². The van der Waals surface area contributed by atoms with E-state index in [-0.39, 0.29) is 0 Å². The third-order valence-corrected chi connectivity index (χ3v) is 5.01. The van der Waals surface area contributed by atoms with Crippen LogP contribution in [0.4, 0.5) is 5.69 Å². The highest BCUT2D eigenvalue weighted by Gasteiger charge is 2.34. The van der Waals surface area contributed by atoms with E-state index in [1.807, 2.05) is 0 Å². The van der Waals surface area contributed by atoms with E-state index < -0.39 is 0 Å². The molecule has 0 saturated carbocycles. The number of rotatable bonds is 4. The molecule has 1 N–H and O–H groups in total. The van der Waals surface area contributed by atoms with Crippen LogP contribution < -0.4 is 15.0 Å². The minimum atomic E-state index is 0.484. The lowest BCUT2D eigenvalue weighted by Crippen LogP contribution is -2.45. The monoisotopic (exact) mass is 288 g/mol. The number of hydrogen-bond acceptors (Lipinski definition) is 3. The van der Waals surface area contributed by atoms with E-state index >= 15 is 0 Å². The Bertz CT molecular complexity index is 449. The molecular formula is C18H28N2O. The third kappa shape index (κ3) is 3.34. The highest BCUT2D eigenvalue weighted by atomic mass is 16.5. The summed E-state index contributed by atoms with van der Waals surface area (Å²) in [6.07, 6.45) is 6.36. The van der Waals surface area contributed by atoms with Crippen LogP contribution in [-0.2, 0) is 0 Å². The third-order valence-electron chi connectivity index (χ3n) is 5.01. The van der Waals surface area contributed by atoms with E-state index in [1.54, 1.807) is 0 Å². The molecule has 0 amide bonds. The molecule has 1 fully saturated rings. The summed E-state index contributed by atoms with van der Waals surface area (Å²) in [4.78, 5) is 2.59. The van der Waals surface area contributed by atoms with Crippen LogP contribution in [0.3, 0.4) is 0 Å². The van der Waals surface area contributed by atoms with Crippen molar-refractivity contribution in [3.8, 4) is 5.75 Å². The number of ether oxygens (including phenoxy) is 1. The first kappa shape index (κ1) is 14.7. The van der Waals surface area contributed by atoms with Crippen molar-refractivity contribution in [3.63, 3.8) is 0 Å². The Kier molecular flexibility index (Phi) is 4.69. The van der Waals surface area contributed by atoms with Crippen LogP contribution in [0.5, 0.6) is 5.75 Å². The molecule has 0 atom stereocenters. The Morgan fingerprint density at radius 1 is 1.24 bits per heavy atom. The van der Waals surface area contributed by atoms with Crippen LogP contribution in [0.1, 0.15) is 39.0 Å². The zero-order valence-corrected chi connectivity index (χ0v) is 13.2. The number of fused-ring (bicyclic) bond motifs is 1. The summed E-state index contributed by atoms with van der Waals surface area (Å²) >= 11 is 0. The Labute approximate surface area is 128 Å². The molecular weight excluding hydrogens is 260 g/mol. The number of nitrogens with one attached hydrogen (secondary N) is 1. The summed E-state index contributed by atoms with van der Waals surface area (Å²) in [5, 5.41) is 3.52. The van der Waals surface area contributed by atoms with Crippen LogP contribution in [0, 0.1) is 5.41 Å². The van der Waals surface area contributed by atoms with Gasteiger partial charge < -0.3 is 15.0 Å². The van der Waals surface area contributed by atoms with Crippen molar-refractivity contribution in [1.29, 1.82) is 0 Å². The van der Waals surface area contributed by atoms with Crippen LogP contribution in [0.2, 0.25) is 0 Å². The molecule has 0 bridgehead atoms. The van der Waals surface area contributed by atoms with E-state index in [2.05, 4.69) is 41.4 Å². The Morgan fingerprint density at radius 3 is 2.86 bits per heavy atom. The zero-order chi connectivity index (χ0) is 14.5. The Morgan fingerprint density at radius 2 is 2.05 bits per heavy atom. The molecule has 0 unspecified atom stereocenters. The predicted molar refractivity (Wildman–Crippen MR) is 88.2 cm³/mol. The van der Waals surface area contributed by atoms with Gasteiger partial charge in [0.15, 0.2) is 0 Å². The molecule has 0 radical (unpaired) electrons. The maximum absolute atomic E-state index is 5.91. The fourth-order valence-corrected chi connectivity index (χ4v) is 3.94. The van der Waals surface area contributed by atoms with Gasteiger partial charge in [-0.1, -0.05) is 25.5 Å². The van der Waals surface area contributed by atoms with Crippen molar-refractivity contribution in [2.75, 3.05) is 37.7 Å². The van der Waals surface area contributed by atoms with Crippen molar-refractivity contribution >= 4 is 5.69 Å². The molecule has 3 rings (SSSR count). The standard InChI is InChI=1S/C18H28N2O/c1-2-8-18(9-11-19-12-10-18)15-20-13-5-14-21-17-7-4-3-6-16(17)20/h3-4,6-7,19H,2,5,8-15H2,1H3. The lowest BCUT2D eigenvalue weighted by atomic mass is 9.75. The molecule has 0 aromatic heterocycles. The van der Waals surface area contributed by atoms with E-state index in [0.717, 1.165) is 25.3 Å². The topological polar surface area (TPSA) is 24.5 Å². The SMILES string of the molecule is CCCC1(CN2CCCOc3ccccc32)CCNCC1. The quantitative estimate of drug-likeness (QED) is 0.918. The Hall–Kier alpha value is -1.22. The van der Waals surface area contributed by atoms with E-state index in [9.17, 15) is 0 Å². The molecule has 0 aliphatic carbocycles. The largest absolute Gasteiger partial charge is 0.491 e. The number of piperidine rings is 1. The minimum Gasteiger partial charge on any atom is -0.491 e. The highest BCUT2D eigenvalue weighted by Crippen LogP contribution is 2.39. The van der Waals surface area contributed by atoms with Crippen LogP contribution in [0.15, 0.2) is 24.3 Å². The average molecular weight is 288 g/mol. The van der Waals surface area contributed by atoms with Gasteiger partial charge in [0.25, 0.3) is 0 Å². The first-order valence-electron chi connectivity index (χ1n) is 8.50. The van der Waals surface area contributed by atoms with Crippen LogP contribution in [-0.4, -0.2) is 32.8 Å². The second kappa shape index (κ2) is 6.69. The molecule has 1 aromatic carbocycles. The Balaban J connectivity index is 1.81. The van der Waals surface area contributed by atoms with Gasteiger partial charge in [0.05, 0.1) is 12.3 Å². The van der Waals surface area contributed by atoms with E-state index in [0.29, 0.717) is 5.41 Å². The molecule has 2 aliphatic rings. The summed E-state index contributed by atoms with van der Waals surface area (Å²) in [7, 11) is 0. The van der Waals surface area contributed by atoms with Gasteiger partial charge in [0.2, 0.25) is 0 Å². The first-order chi connectivity index (χ1) is 10.3. The summed E-state index contributed by atoms with van der Waals surface area (Å²) in [6, 6.07) is 8.55. The normalized spacial score (nSPS) is 21.3.